The van der Waals surface area contributed by atoms with Gasteiger partial charge in [0.15, 0.2) is 0 Å². The molecule has 0 aromatic carbocycles. The van der Waals surface area contributed by atoms with Crippen LogP contribution in [0, 0.1) is 0 Å². The van der Waals surface area contributed by atoms with Gasteiger partial charge in [0.2, 0.25) is 0 Å². The van der Waals surface area contributed by atoms with E-state index in [9.17, 15) is 4.79 Å². The second-order valence-corrected chi connectivity index (χ2v) is 3.97. The Balaban J connectivity index is 2.47. The summed E-state index contributed by atoms with van der Waals surface area (Å²) in [5.41, 5.74) is 0. The van der Waals surface area contributed by atoms with Gasteiger partial charge >= 0.3 is 0 Å². The third kappa shape index (κ3) is 2.95. The Morgan fingerprint density at radius 1 is 1.71 bits per heavy atom. The number of thiophene rings is 1. The Kier molecular flexibility index (Phi) is 4.34. The molecule has 0 radical (unpaired) electrons. The van der Waals surface area contributed by atoms with Crippen molar-refractivity contribution in [1.82, 2.24) is 5.32 Å². The molecule has 1 aromatic rings. The van der Waals surface area contributed by atoms with Crippen LogP contribution in [0.1, 0.15) is 9.67 Å². The number of halogens is 1. The number of amides is 1. The maximum atomic E-state index is 11.4. The van der Waals surface area contributed by atoms with Gasteiger partial charge in [0.05, 0.1) is 17.7 Å². The lowest BCUT2D eigenvalue weighted by atomic mass is 10.3. The topological polar surface area (TPSA) is 69.6 Å². The molecule has 1 atom stereocenters. The van der Waals surface area contributed by atoms with Gasteiger partial charge in [-0.2, -0.15) is 0 Å². The van der Waals surface area contributed by atoms with E-state index in [1.807, 2.05) is 0 Å². The first-order valence-electron chi connectivity index (χ1n) is 3.95. The summed E-state index contributed by atoms with van der Waals surface area (Å²) in [5, 5.41) is 22.0. The molecule has 3 N–H and O–H groups in total. The van der Waals surface area contributed by atoms with E-state index in [0.29, 0.717) is 9.90 Å². The number of aliphatic hydroxyl groups is 2. The van der Waals surface area contributed by atoms with E-state index in [0.717, 1.165) is 0 Å². The first-order valence-corrected chi connectivity index (χ1v) is 5.21. The van der Waals surface area contributed by atoms with Crippen LogP contribution in [0.2, 0.25) is 5.02 Å². The summed E-state index contributed by atoms with van der Waals surface area (Å²) < 4.78 is 0. The molecule has 78 valence electrons. The van der Waals surface area contributed by atoms with E-state index in [-0.39, 0.29) is 19.1 Å². The summed E-state index contributed by atoms with van der Waals surface area (Å²) in [7, 11) is 0. The molecule has 14 heavy (non-hydrogen) atoms. The first kappa shape index (κ1) is 11.5. The van der Waals surface area contributed by atoms with Gasteiger partial charge < -0.3 is 15.5 Å². The molecular weight excluding hydrogens is 226 g/mol. The number of hydrogen-bond donors (Lipinski definition) is 3. The van der Waals surface area contributed by atoms with Gasteiger partial charge in [0.1, 0.15) is 4.88 Å². The maximum absolute atomic E-state index is 11.4. The maximum Gasteiger partial charge on any atom is 0.262 e. The summed E-state index contributed by atoms with van der Waals surface area (Å²) in [6, 6.07) is 1.63. The Labute approximate surface area is 90.1 Å². The molecule has 0 saturated carbocycles. The van der Waals surface area contributed by atoms with Crippen LogP contribution >= 0.6 is 22.9 Å². The molecule has 6 heteroatoms. The van der Waals surface area contributed by atoms with Crippen LogP contribution < -0.4 is 5.32 Å². The SMILES string of the molecule is O=C(NCC(O)CO)c1sccc1Cl. The van der Waals surface area contributed by atoms with Crippen molar-refractivity contribution in [3.8, 4) is 0 Å². The fourth-order valence-electron chi connectivity index (χ4n) is 0.811. The van der Waals surface area contributed by atoms with Crippen LogP contribution in [0.5, 0.6) is 0 Å². The van der Waals surface area contributed by atoms with E-state index in [1.165, 1.54) is 11.3 Å². The molecule has 0 spiro atoms. The van der Waals surface area contributed by atoms with Gasteiger partial charge in [0, 0.05) is 6.54 Å². The summed E-state index contributed by atoms with van der Waals surface area (Å²) in [6.45, 7) is -0.359. The standard InChI is InChI=1S/C8H10ClNO3S/c9-6-1-2-14-7(6)8(13)10-3-5(12)4-11/h1-2,5,11-12H,3-4H2,(H,10,13). The first-order chi connectivity index (χ1) is 6.65. The van der Waals surface area contributed by atoms with Crippen LogP contribution in [-0.4, -0.2) is 35.4 Å². The van der Waals surface area contributed by atoms with E-state index in [2.05, 4.69) is 5.32 Å². The van der Waals surface area contributed by atoms with Crippen LogP contribution in [0.4, 0.5) is 0 Å². The van der Waals surface area contributed by atoms with Crippen molar-refractivity contribution in [3.05, 3.63) is 21.3 Å². The van der Waals surface area contributed by atoms with E-state index in [1.54, 1.807) is 11.4 Å². The number of nitrogens with one attached hydrogen (secondary N) is 1. The monoisotopic (exact) mass is 235 g/mol. The molecule has 1 unspecified atom stereocenters. The van der Waals surface area contributed by atoms with Gasteiger partial charge in [-0.1, -0.05) is 11.6 Å². The molecule has 1 amide bonds. The van der Waals surface area contributed by atoms with Gasteiger partial charge in [-0.25, -0.2) is 0 Å². The van der Waals surface area contributed by atoms with Gasteiger partial charge in [-0.3, -0.25) is 4.79 Å². The Bertz CT molecular complexity index is 315. The molecule has 0 aliphatic carbocycles. The fourth-order valence-corrected chi connectivity index (χ4v) is 1.87. The number of aliphatic hydroxyl groups excluding tert-OH is 2. The summed E-state index contributed by atoms with van der Waals surface area (Å²) in [6.07, 6.45) is -0.933. The average molecular weight is 236 g/mol. The normalized spacial score (nSPS) is 12.5. The summed E-state index contributed by atoms with van der Waals surface area (Å²) in [4.78, 5) is 11.8. The lowest BCUT2D eigenvalue weighted by Crippen LogP contribution is -2.33. The highest BCUT2D eigenvalue weighted by molar-refractivity contribution is 7.12. The highest BCUT2D eigenvalue weighted by Gasteiger charge is 2.12. The Morgan fingerprint density at radius 2 is 2.43 bits per heavy atom. The third-order valence-electron chi connectivity index (χ3n) is 1.53. The van der Waals surface area contributed by atoms with Gasteiger partial charge in [0.25, 0.3) is 5.91 Å². The lowest BCUT2D eigenvalue weighted by Gasteiger charge is -2.07. The van der Waals surface area contributed by atoms with Crippen LogP contribution in [0.15, 0.2) is 11.4 Å². The third-order valence-corrected chi connectivity index (χ3v) is 2.87. The molecule has 1 rings (SSSR count). The molecule has 0 fully saturated rings. The number of hydrogen-bond acceptors (Lipinski definition) is 4. The van der Waals surface area contributed by atoms with Crippen LogP contribution in [0.3, 0.4) is 0 Å². The van der Waals surface area contributed by atoms with E-state index < -0.39 is 6.10 Å². The minimum atomic E-state index is -0.933. The van der Waals surface area contributed by atoms with Crippen LogP contribution in [0.25, 0.3) is 0 Å². The average Bonchev–Trinajstić information content (AvgIpc) is 2.60. The van der Waals surface area contributed by atoms with Gasteiger partial charge in [-0.05, 0) is 11.4 Å². The van der Waals surface area contributed by atoms with Crippen molar-refractivity contribution in [1.29, 1.82) is 0 Å². The largest absolute Gasteiger partial charge is 0.394 e. The van der Waals surface area contributed by atoms with E-state index >= 15 is 0 Å². The molecular formula is C8H10ClNO3S. The lowest BCUT2D eigenvalue weighted by molar-refractivity contribution is 0.0804. The Morgan fingerprint density at radius 3 is 2.93 bits per heavy atom. The molecule has 0 bridgehead atoms. The van der Waals surface area contributed by atoms with Crippen molar-refractivity contribution in [2.45, 2.75) is 6.10 Å². The van der Waals surface area contributed by atoms with Crippen molar-refractivity contribution in [2.24, 2.45) is 0 Å². The molecule has 0 aliphatic rings. The number of rotatable bonds is 4. The van der Waals surface area contributed by atoms with Crippen molar-refractivity contribution in [3.63, 3.8) is 0 Å². The van der Waals surface area contributed by atoms with Crippen molar-refractivity contribution in [2.75, 3.05) is 13.2 Å². The number of carbonyl (C=O) groups is 1. The zero-order chi connectivity index (χ0) is 10.6. The zero-order valence-corrected chi connectivity index (χ0v) is 8.81. The summed E-state index contributed by atoms with van der Waals surface area (Å²) in [5.74, 6) is -0.336. The second kappa shape index (κ2) is 5.31. The highest BCUT2D eigenvalue weighted by atomic mass is 35.5. The molecule has 0 saturated heterocycles. The van der Waals surface area contributed by atoms with Gasteiger partial charge in [-0.15, -0.1) is 11.3 Å². The fraction of sp³-hybridized carbons (Fsp3) is 0.375. The minimum absolute atomic E-state index is 0.0174. The summed E-state index contributed by atoms with van der Waals surface area (Å²) >= 11 is 6.95. The highest BCUT2D eigenvalue weighted by Crippen LogP contribution is 2.21. The quantitative estimate of drug-likeness (QED) is 0.711. The number of carbonyl (C=O) groups excluding carboxylic acids is 1. The minimum Gasteiger partial charge on any atom is -0.394 e. The second-order valence-electron chi connectivity index (χ2n) is 2.64. The predicted octanol–water partition coefficient (Wildman–Crippen LogP) is 0.484. The smallest absolute Gasteiger partial charge is 0.262 e. The van der Waals surface area contributed by atoms with Crippen molar-refractivity contribution >= 4 is 28.8 Å². The molecule has 4 nitrogen and oxygen atoms in total. The predicted molar refractivity (Wildman–Crippen MR) is 54.8 cm³/mol. The van der Waals surface area contributed by atoms with Crippen LogP contribution in [-0.2, 0) is 0 Å². The van der Waals surface area contributed by atoms with Crippen molar-refractivity contribution < 1.29 is 15.0 Å². The Hall–Kier alpha value is -0.620. The molecule has 1 heterocycles. The molecule has 1 aromatic heterocycles. The van der Waals surface area contributed by atoms with E-state index in [4.69, 9.17) is 21.8 Å². The molecule has 0 aliphatic heterocycles. The zero-order valence-electron chi connectivity index (χ0n) is 7.24.